The van der Waals surface area contributed by atoms with Crippen LogP contribution in [0.25, 0.3) is 0 Å². The number of ether oxygens (including phenoxy) is 3. The Balaban J connectivity index is 3.96. The average Bonchev–Trinajstić information content (AvgIpc) is 3.44. The molecule has 0 rings (SSSR count). The van der Waals surface area contributed by atoms with E-state index in [4.69, 9.17) is 14.2 Å². The lowest BCUT2D eigenvalue weighted by molar-refractivity contribution is -0.167. The third kappa shape index (κ3) is 64.2. The van der Waals surface area contributed by atoms with Gasteiger partial charge in [-0.05, 0) is 57.8 Å². The van der Waals surface area contributed by atoms with Crippen molar-refractivity contribution in [3.63, 3.8) is 0 Å². The van der Waals surface area contributed by atoms with Crippen molar-refractivity contribution in [3.8, 4) is 0 Å². The monoisotopic (exact) mass is 1090 g/mol. The zero-order chi connectivity index (χ0) is 56.4. The van der Waals surface area contributed by atoms with Crippen LogP contribution in [0.4, 0.5) is 0 Å². The van der Waals surface area contributed by atoms with Gasteiger partial charge in [0.15, 0.2) is 6.10 Å². The van der Waals surface area contributed by atoms with Crippen molar-refractivity contribution >= 4 is 17.9 Å². The van der Waals surface area contributed by atoms with Gasteiger partial charge in [-0.25, -0.2) is 0 Å². The number of unbranched alkanes of at least 4 members (excludes halogenated alkanes) is 45. The molecular weight excluding hydrogens is 961 g/mol. The van der Waals surface area contributed by atoms with E-state index in [1.807, 2.05) is 0 Å². The maximum atomic E-state index is 12.9. The van der Waals surface area contributed by atoms with E-state index in [0.717, 1.165) is 83.5 Å². The second-order valence-corrected chi connectivity index (χ2v) is 23.4. The minimum Gasteiger partial charge on any atom is -0.462 e. The van der Waals surface area contributed by atoms with Crippen LogP contribution in [0.15, 0.2) is 48.6 Å². The predicted octanol–water partition coefficient (Wildman–Crippen LogP) is 23.7. The third-order valence-electron chi connectivity index (χ3n) is 15.6. The van der Waals surface area contributed by atoms with E-state index in [9.17, 15) is 14.4 Å². The summed E-state index contributed by atoms with van der Waals surface area (Å²) >= 11 is 0. The van der Waals surface area contributed by atoms with Crippen LogP contribution in [-0.2, 0) is 28.6 Å². The fraction of sp³-hybridized carbons (Fsp3) is 0.847. The Morgan fingerprint density at radius 1 is 0.269 bits per heavy atom. The van der Waals surface area contributed by atoms with Gasteiger partial charge in [-0.2, -0.15) is 0 Å². The molecule has 78 heavy (non-hydrogen) atoms. The first-order valence-corrected chi connectivity index (χ1v) is 34.6. The van der Waals surface area contributed by atoms with Crippen molar-refractivity contribution in [2.45, 2.75) is 380 Å². The zero-order valence-electron chi connectivity index (χ0n) is 52.5. The number of rotatable bonds is 64. The predicted molar refractivity (Wildman–Crippen MR) is 339 cm³/mol. The fourth-order valence-corrected chi connectivity index (χ4v) is 10.4. The molecule has 0 saturated heterocycles. The van der Waals surface area contributed by atoms with Crippen LogP contribution in [-0.4, -0.2) is 37.2 Å². The Morgan fingerprint density at radius 2 is 0.500 bits per heavy atom. The van der Waals surface area contributed by atoms with E-state index in [2.05, 4.69) is 69.4 Å². The Hall–Kier alpha value is -2.63. The molecule has 6 heteroatoms. The van der Waals surface area contributed by atoms with E-state index in [1.165, 1.54) is 250 Å². The first-order chi connectivity index (χ1) is 38.5. The number of esters is 3. The summed E-state index contributed by atoms with van der Waals surface area (Å²) in [6, 6.07) is 0. The highest BCUT2D eigenvalue weighted by Gasteiger charge is 2.19. The maximum absolute atomic E-state index is 12.9. The summed E-state index contributed by atoms with van der Waals surface area (Å²) < 4.78 is 16.9. The van der Waals surface area contributed by atoms with Crippen molar-refractivity contribution in [2.75, 3.05) is 13.2 Å². The topological polar surface area (TPSA) is 78.9 Å². The van der Waals surface area contributed by atoms with Gasteiger partial charge in [0.25, 0.3) is 0 Å². The SMILES string of the molecule is CC/C=C\C/C=C\C/C=C\C/C=C\CCCCCCCCCCCCCCCCCCCCC(=O)OCC(COC(=O)CCCCCCCC)OC(=O)CCCCCCCCCCCCCCCCCCCCCCCCC. The van der Waals surface area contributed by atoms with E-state index in [1.54, 1.807) is 0 Å². The minimum absolute atomic E-state index is 0.0666. The highest BCUT2D eigenvalue weighted by atomic mass is 16.6. The number of carbonyl (C=O) groups is 3. The highest BCUT2D eigenvalue weighted by Crippen LogP contribution is 2.19. The molecule has 0 aromatic heterocycles. The molecule has 0 amide bonds. The molecular formula is C72H132O6. The van der Waals surface area contributed by atoms with E-state index in [0.29, 0.717) is 19.3 Å². The first-order valence-electron chi connectivity index (χ1n) is 34.6. The van der Waals surface area contributed by atoms with Crippen LogP contribution < -0.4 is 0 Å². The normalized spacial score (nSPS) is 12.3. The molecule has 0 bridgehead atoms. The largest absolute Gasteiger partial charge is 0.462 e. The summed E-state index contributed by atoms with van der Waals surface area (Å²) in [4.78, 5) is 38.1. The van der Waals surface area contributed by atoms with Gasteiger partial charge in [0.2, 0.25) is 0 Å². The number of hydrogen-bond donors (Lipinski definition) is 0. The molecule has 0 radical (unpaired) electrons. The van der Waals surface area contributed by atoms with Gasteiger partial charge in [0, 0.05) is 19.3 Å². The van der Waals surface area contributed by atoms with E-state index in [-0.39, 0.29) is 31.1 Å². The number of hydrogen-bond acceptors (Lipinski definition) is 6. The summed E-state index contributed by atoms with van der Waals surface area (Å²) in [6.07, 6.45) is 84.7. The molecule has 0 heterocycles. The lowest BCUT2D eigenvalue weighted by Crippen LogP contribution is -2.30. The molecule has 6 nitrogen and oxygen atoms in total. The number of carbonyl (C=O) groups excluding carboxylic acids is 3. The standard InChI is InChI=1S/C72H132O6/c1-4-7-10-13-16-18-20-22-24-26-28-30-32-33-34-35-36-37-38-39-41-42-44-46-48-50-52-54-56-59-62-65-71(74)77-68-69(67-76-70(73)64-61-58-15-12-9-6-3)78-72(75)66-63-60-57-55-53-51-49-47-45-43-40-31-29-27-25-23-21-19-17-14-11-8-5-2/h7,10,16,18,22,24,28,30,69H,4-6,8-9,11-15,17,19-21,23,25-27,29,31-68H2,1-3H3/b10-7-,18-16-,24-22-,30-28-. The van der Waals surface area contributed by atoms with Crippen molar-refractivity contribution < 1.29 is 28.6 Å². The summed E-state index contributed by atoms with van der Waals surface area (Å²) in [5, 5.41) is 0. The van der Waals surface area contributed by atoms with Gasteiger partial charge in [0.1, 0.15) is 13.2 Å². The van der Waals surface area contributed by atoms with Crippen LogP contribution in [0, 0.1) is 0 Å². The second kappa shape index (κ2) is 66.9. The summed E-state index contributed by atoms with van der Waals surface area (Å²) in [5.41, 5.74) is 0. The maximum Gasteiger partial charge on any atom is 0.306 e. The molecule has 1 unspecified atom stereocenters. The third-order valence-corrected chi connectivity index (χ3v) is 15.6. The summed E-state index contributed by atoms with van der Waals surface area (Å²) in [5.74, 6) is -0.850. The minimum atomic E-state index is -0.766. The lowest BCUT2D eigenvalue weighted by atomic mass is 10.0. The molecule has 0 saturated carbocycles. The Bertz CT molecular complexity index is 1350. The van der Waals surface area contributed by atoms with Gasteiger partial charge in [-0.1, -0.05) is 345 Å². The van der Waals surface area contributed by atoms with Gasteiger partial charge in [-0.15, -0.1) is 0 Å². The van der Waals surface area contributed by atoms with Crippen LogP contribution in [0.2, 0.25) is 0 Å². The summed E-state index contributed by atoms with van der Waals surface area (Å²) in [6.45, 7) is 6.53. The van der Waals surface area contributed by atoms with Crippen molar-refractivity contribution in [1.29, 1.82) is 0 Å². The van der Waals surface area contributed by atoms with Crippen LogP contribution >= 0.6 is 0 Å². The summed E-state index contributed by atoms with van der Waals surface area (Å²) in [7, 11) is 0. The van der Waals surface area contributed by atoms with E-state index >= 15 is 0 Å². The molecule has 456 valence electrons. The average molecular weight is 1090 g/mol. The molecule has 0 aliphatic rings. The number of allylic oxidation sites excluding steroid dienone is 8. The van der Waals surface area contributed by atoms with Crippen molar-refractivity contribution in [2.24, 2.45) is 0 Å². The van der Waals surface area contributed by atoms with E-state index < -0.39 is 6.10 Å². The zero-order valence-corrected chi connectivity index (χ0v) is 52.5. The molecule has 0 aromatic carbocycles. The van der Waals surface area contributed by atoms with Crippen LogP contribution in [0.3, 0.4) is 0 Å². The van der Waals surface area contributed by atoms with Gasteiger partial charge in [0.05, 0.1) is 0 Å². The molecule has 0 N–H and O–H groups in total. The van der Waals surface area contributed by atoms with Gasteiger partial charge >= 0.3 is 17.9 Å². The molecule has 0 aliphatic heterocycles. The molecule has 0 fully saturated rings. The lowest BCUT2D eigenvalue weighted by Gasteiger charge is -2.18. The van der Waals surface area contributed by atoms with Crippen LogP contribution in [0.1, 0.15) is 374 Å². The van der Waals surface area contributed by atoms with Crippen molar-refractivity contribution in [3.05, 3.63) is 48.6 Å². The first kappa shape index (κ1) is 75.4. The molecule has 0 spiro atoms. The van der Waals surface area contributed by atoms with Crippen LogP contribution in [0.5, 0.6) is 0 Å². The molecule has 0 aromatic rings. The van der Waals surface area contributed by atoms with Crippen molar-refractivity contribution in [1.82, 2.24) is 0 Å². The van der Waals surface area contributed by atoms with Gasteiger partial charge in [-0.3, -0.25) is 14.4 Å². The Labute approximate surface area is 486 Å². The quantitative estimate of drug-likeness (QED) is 0.0261. The fourth-order valence-electron chi connectivity index (χ4n) is 10.4. The highest BCUT2D eigenvalue weighted by molar-refractivity contribution is 5.71. The molecule has 1 atom stereocenters. The Kier molecular flexibility index (Phi) is 64.6. The Morgan fingerprint density at radius 3 is 0.782 bits per heavy atom. The van der Waals surface area contributed by atoms with Gasteiger partial charge < -0.3 is 14.2 Å². The second-order valence-electron chi connectivity index (χ2n) is 23.4. The smallest absolute Gasteiger partial charge is 0.306 e. The molecule has 0 aliphatic carbocycles.